The largest absolute Gasteiger partial charge is 0.384 e. The van der Waals surface area contributed by atoms with Gasteiger partial charge in [-0.2, -0.15) is 0 Å². The minimum absolute atomic E-state index is 0.354. The van der Waals surface area contributed by atoms with Crippen molar-refractivity contribution >= 4 is 0 Å². The highest BCUT2D eigenvalue weighted by atomic mass is 16.5. The van der Waals surface area contributed by atoms with E-state index in [1.165, 1.54) is 32.4 Å². The van der Waals surface area contributed by atoms with Gasteiger partial charge in [0.05, 0.1) is 13.2 Å². The van der Waals surface area contributed by atoms with Gasteiger partial charge in [-0.25, -0.2) is 0 Å². The normalized spacial score (nSPS) is 41.0. The standard InChI is InChI=1S/C12H23NO2/c1-13-7-11(9-14-2)5-4-6-12(11,8-13)10-15-3/h4-10H2,1-3H3. The zero-order valence-corrected chi connectivity index (χ0v) is 10.2. The molecule has 2 aliphatic rings. The van der Waals surface area contributed by atoms with Crippen LogP contribution in [0, 0.1) is 10.8 Å². The van der Waals surface area contributed by atoms with Gasteiger partial charge >= 0.3 is 0 Å². The van der Waals surface area contributed by atoms with Crippen LogP contribution in [0.15, 0.2) is 0 Å². The highest BCUT2D eigenvalue weighted by molar-refractivity contribution is 5.09. The Labute approximate surface area is 92.7 Å². The first-order valence-electron chi connectivity index (χ1n) is 5.84. The van der Waals surface area contributed by atoms with Gasteiger partial charge in [-0.15, -0.1) is 0 Å². The molecule has 0 radical (unpaired) electrons. The van der Waals surface area contributed by atoms with E-state index in [1.807, 2.05) is 14.2 Å². The Hall–Kier alpha value is -0.120. The van der Waals surface area contributed by atoms with Crippen LogP contribution in [-0.4, -0.2) is 52.5 Å². The van der Waals surface area contributed by atoms with Gasteiger partial charge in [0.25, 0.3) is 0 Å². The highest BCUT2D eigenvalue weighted by Gasteiger charge is 2.59. The summed E-state index contributed by atoms with van der Waals surface area (Å²) in [6, 6.07) is 0. The Bertz CT molecular complexity index is 212. The fourth-order valence-corrected chi connectivity index (χ4v) is 3.97. The van der Waals surface area contributed by atoms with Crippen LogP contribution in [0.5, 0.6) is 0 Å². The molecule has 0 aromatic carbocycles. The molecule has 0 aromatic heterocycles. The summed E-state index contributed by atoms with van der Waals surface area (Å²) in [7, 11) is 5.86. The molecule has 1 aliphatic heterocycles. The van der Waals surface area contributed by atoms with Crippen LogP contribution in [-0.2, 0) is 9.47 Å². The summed E-state index contributed by atoms with van der Waals surface area (Å²) < 4.78 is 10.9. The van der Waals surface area contributed by atoms with E-state index >= 15 is 0 Å². The third kappa shape index (κ3) is 1.61. The van der Waals surface area contributed by atoms with Gasteiger partial charge in [0.2, 0.25) is 0 Å². The maximum atomic E-state index is 5.47. The van der Waals surface area contributed by atoms with Crippen molar-refractivity contribution in [1.82, 2.24) is 4.90 Å². The van der Waals surface area contributed by atoms with Gasteiger partial charge in [-0.05, 0) is 19.9 Å². The fraction of sp³-hybridized carbons (Fsp3) is 1.00. The summed E-state index contributed by atoms with van der Waals surface area (Å²) in [6.45, 7) is 4.12. The lowest BCUT2D eigenvalue weighted by Crippen LogP contribution is -2.43. The van der Waals surface area contributed by atoms with Crippen molar-refractivity contribution in [2.75, 3.05) is 47.6 Å². The molecule has 0 spiro atoms. The number of likely N-dealkylation sites (tertiary alicyclic amines) is 1. The molecule has 0 amide bonds. The topological polar surface area (TPSA) is 21.7 Å². The molecule has 1 saturated carbocycles. The van der Waals surface area contributed by atoms with Crippen LogP contribution in [0.1, 0.15) is 19.3 Å². The van der Waals surface area contributed by atoms with Gasteiger partial charge < -0.3 is 14.4 Å². The molecule has 1 aliphatic carbocycles. The molecule has 3 nitrogen and oxygen atoms in total. The summed E-state index contributed by atoms with van der Waals surface area (Å²) in [5.41, 5.74) is 0.707. The van der Waals surface area contributed by atoms with Crippen LogP contribution >= 0.6 is 0 Å². The van der Waals surface area contributed by atoms with Crippen LogP contribution in [0.2, 0.25) is 0 Å². The molecule has 15 heavy (non-hydrogen) atoms. The Morgan fingerprint density at radius 2 is 1.47 bits per heavy atom. The lowest BCUT2D eigenvalue weighted by molar-refractivity contribution is -0.0201. The first-order valence-corrected chi connectivity index (χ1v) is 5.84. The molecule has 0 aromatic rings. The number of nitrogens with zero attached hydrogens (tertiary/aromatic N) is 1. The summed E-state index contributed by atoms with van der Waals surface area (Å²) in [5.74, 6) is 0. The summed E-state index contributed by atoms with van der Waals surface area (Å²) >= 11 is 0. The summed E-state index contributed by atoms with van der Waals surface area (Å²) in [6.07, 6.45) is 3.93. The highest BCUT2D eigenvalue weighted by Crippen LogP contribution is 2.57. The maximum absolute atomic E-state index is 5.47. The molecule has 0 bridgehead atoms. The van der Waals surface area contributed by atoms with Crippen molar-refractivity contribution in [3.05, 3.63) is 0 Å². The van der Waals surface area contributed by atoms with Gasteiger partial charge in [-0.3, -0.25) is 0 Å². The Morgan fingerprint density at radius 3 is 1.87 bits per heavy atom. The summed E-state index contributed by atoms with van der Waals surface area (Å²) in [4.78, 5) is 2.44. The van der Waals surface area contributed by atoms with Crippen molar-refractivity contribution < 1.29 is 9.47 Å². The number of hydrogen-bond acceptors (Lipinski definition) is 3. The number of rotatable bonds is 4. The molecule has 2 fully saturated rings. The second-order valence-corrected chi connectivity index (χ2v) is 5.45. The molecular formula is C12H23NO2. The third-order valence-electron chi connectivity index (χ3n) is 4.42. The predicted molar refractivity (Wildman–Crippen MR) is 60.0 cm³/mol. The van der Waals surface area contributed by atoms with Crippen molar-refractivity contribution in [3.63, 3.8) is 0 Å². The number of hydrogen-bond donors (Lipinski definition) is 0. The van der Waals surface area contributed by atoms with Gasteiger partial charge in [0.15, 0.2) is 0 Å². The molecule has 2 atom stereocenters. The molecule has 88 valence electrons. The van der Waals surface area contributed by atoms with Crippen molar-refractivity contribution in [1.29, 1.82) is 0 Å². The third-order valence-corrected chi connectivity index (χ3v) is 4.42. The van der Waals surface area contributed by atoms with Crippen molar-refractivity contribution in [2.45, 2.75) is 19.3 Å². The lowest BCUT2D eigenvalue weighted by Gasteiger charge is -2.38. The summed E-state index contributed by atoms with van der Waals surface area (Å²) in [5, 5.41) is 0. The second kappa shape index (κ2) is 4.04. The van der Waals surface area contributed by atoms with Gasteiger partial charge in [0.1, 0.15) is 0 Å². The molecular weight excluding hydrogens is 190 g/mol. The molecule has 1 saturated heterocycles. The minimum atomic E-state index is 0.354. The van der Waals surface area contributed by atoms with E-state index in [1.54, 1.807) is 0 Å². The average molecular weight is 213 g/mol. The Kier molecular flexibility index (Phi) is 3.06. The van der Waals surface area contributed by atoms with Gasteiger partial charge in [-0.1, -0.05) is 6.42 Å². The molecule has 2 unspecified atom stereocenters. The second-order valence-electron chi connectivity index (χ2n) is 5.45. The van der Waals surface area contributed by atoms with E-state index in [9.17, 15) is 0 Å². The number of fused-ring (bicyclic) bond motifs is 1. The van der Waals surface area contributed by atoms with E-state index in [0.717, 1.165) is 13.2 Å². The number of ether oxygens (including phenoxy) is 2. The zero-order chi connectivity index (χ0) is 10.9. The molecule has 1 heterocycles. The Morgan fingerprint density at radius 1 is 1.00 bits per heavy atom. The minimum Gasteiger partial charge on any atom is -0.384 e. The van der Waals surface area contributed by atoms with Crippen LogP contribution in [0.4, 0.5) is 0 Å². The molecule has 2 rings (SSSR count). The maximum Gasteiger partial charge on any atom is 0.0537 e. The van der Waals surface area contributed by atoms with Crippen molar-refractivity contribution in [2.24, 2.45) is 10.8 Å². The first-order chi connectivity index (χ1) is 7.18. The smallest absolute Gasteiger partial charge is 0.0537 e. The average Bonchev–Trinajstić information content (AvgIpc) is 2.56. The first kappa shape index (κ1) is 11.4. The monoisotopic (exact) mass is 213 g/mol. The quantitative estimate of drug-likeness (QED) is 0.704. The Balaban J connectivity index is 2.23. The van der Waals surface area contributed by atoms with E-state index in [0.29, 0.717) is 10.8 Å². The van der Waals surface area contributed by atoms with Gasteiger partial charge in [0, 0.05) is 38.1 Å². The van der Waals surface area contributed by atoms with E-state index in [-0.39, 0.29) is 0 Å². The van der Waals surface area contributed by atoms with Crippen LogP contribution < -0.4 is 0 Å². The van der Waals surface area contributed by atoms with E-state index in [2.05, 4.69) is 11.9 Å². The number of methoxy groups -OCH3 is 2. The van der Waals surface area contributed by atoms with E-state index < -0.39 is 0 Å². The predicted octanol–water partition coefficient (Wildman–Crippen LogP) is 1.38. The van der Waals surface area contributed by atoms with Crippen LogP contribution in [0.25, 0.3) is 0 Å². The van der Waals surface area contributed by atoms with Crippen LogP contribution in [0.3, 0.4) is 0 Å². The zero-order valence-electron chi connectivity index (χ0n) is 10.2. The lowest BCUT2D eigenvalue weighted by atomic mass is 9.69. The van der Waals surface area contributed by atoms with Crippen molar-refractivity contribution in [3.8, 4) is 0 Å². The SMILES string of the molecule is COCC12CCCC1(COC)CN(C)C2. The fourth-order valence-electron chi connectivity index (χ4n) is 3.97. The van der Waals surface area contributed by atoms with E-state index in [4.69, 9.17) is 9.47 Å². The molecule has 0 N–H and O–H groups in total. The molecule has 3 heteroatoms.